The van der Waals surface area contributed by atoms with E-state index in [1.165, 1.54) is 12.8 Å². The van der Waals surface area contributed by atoms with Gasteiger partial charge >= 0.3 is 5.97 Å². The number of aromatic nitrogens is 1. The van der Waals surface area contributed by atoms with Crippen LogP contribution in [0.5, 0.6) is 0 Å². The minimum atomic E-state index is -0.626. The highest BCUT2D eigenvalue weighted by Crippen LogP contribution is 2.43. The van der Waals surface area contributed by atoms with Gasteiger partial charge in [-0.05, 0) is 55.7 Å². The monoisotopic (exact) mass is 261 g/mol. The second kappa shape index (κ2) is 6.18. The molecule has 3 nitrogen and oxygen atoms in total. The van der Waals surface area contributed by atoms with Gasteiger partial charge in [0.15, 0.2) is 0 Å². The molecule has 1 fully saturated rings. The van der Waals surface area contributed by atoms with Crippen molar-refractivity contribution < 1.29 is 9.90 Å². The molecular formula is C16H23NO2. The normalized spacial score (nSPS) is 27.1. The van der Waals surface area contributed by atoms with E-state index in [1.54, 1.807) is 12.4 Å². The van der Waals surface area contributed by atoms with Crippen molar-refractivity contribution in [1.29, 1.82) is 0 Å². The Morgan fingerprint density at radius 1 is 1.37 bits per heavy atom. The number of pyridine rings is 1. The zero-order valence-electron chi connectivity index (χ0n) is 11.6. The number of carboxylic acids is 1. The smallest absolute Gasteiger partial charge is 0.309 e. The maximum absolute atomic E-state index is 11.7. The van der Waals surface area contributed by atoms with Crippen LogP contribution in [0.1, 0.15) is 51.0 Å². The van der Waals surface area contributed by atoms with Crippen LogP contribution in [0.2, 0.25) is 0 Å². The molecule has 1 saturated carbocycles. The Kier molecular flexibility index (Phi) is 4.56. The van der Waals surface area contributed by atoms with E-state index < -0.39 is 11.4 Å². The fourth-order valence-corrected chi connectivity index (χ4v) is 3.28. The SMILES string of the molecule is CCCC1CCC(Cc2ccncc2)(C(=O)O)CC1. The minimum absolute atomic E-state index is 0.550. The number of carbonyl (C=O) groups is 1. The van der Waals surface area contributed by atoms with Crippen molar-refractivity contribution in [3.63, 3.8) is 0 Å². The molecule has 2 rings (SSSR count). The van der Waals surface area contributed by atoms with Crippen LogP contribution in [0.3, 0.4) is 0 Å². The molecule has 3 heteroatoms. The molecule has 0 amide bonds. The van der Waals surface area contributed by atoms with E-state index in [4.69, 9.17) is 0 Å². The first-order valence-electron chi connectivity index (χ1n) is 7.28. The molecule has 1 heterocycles. The van der Waals surface area contributed by atoms with Crippen molar-refractivity contribution in [2.45, 2.75) is 51.9 Å². The molecule has 104 valence electrons. The first-order chi connectivity index (χ1) is 9.16. The van der Waals surface area contributed by atoms with E-state index >= 15 is 0 Å². The average molecular weight is 261 g/mol. The van der Waals surface area contributed by atoms with E-state index in [2.05, 4.69) is 11.9 Å². The summed E-state index contributed by atoms with van der Waals surface area (Å²) in [6.07, 6.45) is 10.3. The fraction of sp³-hybridized carbons (Fsp3) is 0.625. The summed E-state index contributed by atoms with van der Waals surface area (Å²) in [4.78, 5) is 15.7. The van der Waals surface area contributed by atoms with Crippen molar-refractivity contribution in [2.24, 2.45) is 11.3 Å². The predicted octanol–water partition coefficient (Wildman–Crippen LogP) is 3.69. The Morgan fingerprint density at radius 3 is 2.53 bits per heavy atom. The Morgan fingerprint density at radius 2 is 2.00 bits per heavy atom. The molecule has 0 radical (unpaired) electrons. The lowest BCUT2D eigenvalue weighted by atomic mass is 9.67. The van der Waals surface area contributed by atoms with Crippen LogP contribution in [0.4, 0.5) is 0 Å². The predicted molar refractivity (Wildman–Crippen MR) is 74.9 cm³/mol. The van der Waals surface area contributed by atoms with Crippen molar-refractivity contribution in [3.8, 4) is 0 Å². The van der Waals surface area contributed by atoms with Crippen molar-refractivity contribution in [3.05, 3.63) is 30.1 Å². The first-order valence-corrected chi connectivity index (χ1v) is 7.28. The lowest BCUT2D eigenvalue weighted by Crippen LogP contribution is -2.37. The number of rotatable bonds is 5. The standard InChI is InChI=1S/C16H23NO2/c1-2-3-13-4-8-16(9-5-13,15(18)19)12-14-6-10-17-11-7-14/h6-7,10-11,13H,2-5,8-9,12H2,1H3,(H,18,19). The van der Waals surface area contributed by atoms with Gasteiger partial charge in [0.1, 0.15) is 0 Å². The van der Waals surface area contributed by atoms with Gasteiger partial charge in [-0.2, -0.15) is 0 Å². The topological polar surface area (TPSA) is 50.2 Å². The van der Waals surface area contributed by atoms with Crippen molar-refractivity contribution in [2.75, 3.05) is 0 Å². The average Bonchev–Trinajstić information content (AvgIpc) is 2.42. The van der Waals surface area contributed by atoms with Gasteiger partial charge in [0.05, 0.1) is 5.41 Å². The summed E-state index contributed by atoms with van der Waals surface area (Å²) in [7, 11) is 0. The van der Waals surface area contributed by atoms with E-state index in [9.17, 15) is 9.90 Å². The van der Waals surface area contributed by atoms with Gasteiger partial charge in [0.2, 0.25) is 0 Å². The summed E-state index contributed by atoms with van der Waals surface area (Å²) < 4.78 is 0. The number of nitrogens with zero attached hydrogens (tertiary/aromatic N) is 1. The first kappa shape index (κ1) is 14.0. The van der Waals surface area contributed by atoms with Gasteiger partial charge in [-0.25, -0.2) is 0 Å². The summed E-state index contributed by atoms with van der Waals surface area (Å²) in [5.74, 6) is 0.106. The van der Waals surface area contributed by atoms with Gasteiger partial charge in [-0.15, -0.1) is 0 Å². The third-order valence-electron chi connectivity index (χ3n) is 4.50. The molecule has 0 bridgehead atoms. The molecule has 1 aliphatic rings. The Bertz CT molecular complexity index is 408. The quantitative estimate of drug-likeness (QED) is 0.879. The highest BCUT2D eigenvalue weighted by Gasteiger charge is 2.41. The second-order valence-corrected chi connectivity index (χ2v) is 5.85. The molecule has 19 heavy (non-hydrogen) atoms. The summed E-state index contributed by atoms with van der Waals surface area (Å²) >= 11 is 0. The third-order valence-corrected chi connectivity index (χ3v) is 4.50. The van der Waals surface area contributed by atoms with Gasteiger partial charge < -0.3 is 5.11 Å². The van der Waals surface area contributed by atoms with Crippen LogP contribution in [-0.4, -0.2) is 16.1 Å². The van der Waals surface area contributed by atoms with Gasteiger partial charge in [-0.3, -0.25) is 9.78 Å². The molecule has 0 aliphatic heterocycles. The second-order valence-electron chi connectivity index (χ2n) is 5.85. The van der Waals surface area contributed by atoms with Gasteiger partial charge in [-0.1, -0.05) is 19.8 Å². The Balaban J connectivity index is 2.06. The molecule has 0 unspecified atom stereocenters. The molecule has 0 saturated heterocycles. The molecule has 1 aromatic rings. The van der Waals surface area contributed by atoms with E-state index in [0.29, 0.717) is 6.42 Å². The van der Waals surface area contributed by atoms with Crippen LogP contribution in [0, 0.1) is 11.3 Å². The maximum atomic E-state index is 11.7. The van der Waals surface area contributed by atoms with E-state index in [-0.39, 0.29) is 0 Å². The van der Waals surface area contributed by atoms with Crippen molar-refractivity contribution in [1.82, 2.24) is 4.98 Å². The van der Waals surface area contributed by atoms with Gasteiger partial charge in [0, 0.05) is 12.4 Å². The summed E-state index contributed by atoms with van der Waals surface area (Å²) in [5, 5.41) is 9.65. The maximum Gasteiger partial charge on any atom is 0.309 e. The molecule has 0 aromatic carbocycles. The Hall–Kier alpha value is -1.38. The van der Waals surface area contributed by atoms with Crippen LogP contribution >= 0.6 is 0 Å². The van der Waals surface area contributed by atoms with E-state index in [0.717, 1.165) is 37.2 Å². The number of hydrogen-bond acceptors (Lipinski definition) is 2. The minimum Gasteiger partial charge on any atom is -0.481 e. The highest BCUT2D eigenvalue weighted by molar-refractivity contribution is 5.75. The zero-order valence-corrected chi connectivity index (χ0v) is 11.6. The van der Waals surface area contributed by atoms with Crippen LogP contribution in [0.25, 0.3) is 0 Å². The molecule has 0 spiro atoms. The lowest BCUT2D eigenvalue weighted by molar-refractivity contribution is -0.151. The summed E-state index contributed by atoms with van der Waals surface area (Å²) in [6.45, 7) is 2.20. The highest BCUT2D eigenvalue weighted by atomic mass is 16.4. The van der Waals surface area contributed by atoms with Crippen LogP contribution in [0.15, 0.2) is 24.5 Å². The Labute approximate surface area is 115 Å². The van der Waals surface area contributed by atoms with Crippen molar-refractivity contribution >= 4 is 5.97 Å². The number of carboxylic acid groups (broad SMARTS) is 1. The molecule has 1 aromatic heterocycles. The lowest BCUT2D eigenvalue weighted by Gasteiger charge is -2.37. The molecular weight excluding hydrogens is 238 g/mol. The number of aliphatic carboxylic acids is 1. The largest absolute Gasteiger partial charge is 0.481 e. The fourth-order valence-electron chi connectivity index (χ4n) is 3.28. The van der Waals surface area contributed by atoms with Crippen LogP contribution < -0.4 is 0 Å². The summed E-state index contributed by atoms with van der Waals surface area (Å²) in [5.41, 5.74) is 0.539. The zero-order chi connectivity index (χ0) is 13.7. The van der Waals surface area contributed by atoms with Crippen LogP contribution in [-0.2, 0) is 11.2 Å². The molecule has 1 N–H and O–H groups in total. The van der Waals surface area contributed by atoms with Gasteiger partial charge in [0.25, 0.3) is 0 Å². The molecule has 0 atom stereocenters. The number of hydrogen-bond donors (Lipinski definition) is 1. The third kappa shape index (κ3) is 3.34. The molecule has 1 aliphatic carbocycles. The van der Waals surface area contributed by atoms with E-state index in [1.807, 2.05) is 12.1 Å². The summed E-state index contributed by atoms with van der Waals surface area (Å²) in [6, 6.07) is 3.87.